The van der Waals surface area contributed by atoms with Gasteiger partial charge in [-0.1, -0.05) is 13.3 Å². The monoisotopic (exact) mass is 278 g/mol. The summed E-state index contributed by atoms with van der Waals surface area (Å²) in [4.78, 5) is 1.71. The molecule has 0 spiro atoms. The van der Waals surface area contributed by atoms with Crippen LogP contribution in [0.3, 0.4) is 0 Å². The molecule has 0 saturated heterocycles. The van der Waals surface area contributed by atoms with Gasteiger partial charge in [0.05, 0.1) is 11.6 Å². The largest absolute Gasteiger partial charge is 0.367 e. The third-order valence-electron chi connectivity index (χ3n) is 4.44. The van der Waals surface area contributed by atoms with E-state index >= 15 is 0 Å². The Labute approximate surface area is 119 Å². The first-order chi connectivity index (χ1) is 9.56. The molecule has 2 rings (SSSR count). The van der Waals surface area contributed by atoms with Gasteiger partial charge in [0.1, 0.15) is 5.69 Å². The minimum Gasteiger partial charge on any atom is -0.367 e. The summed E-state index contributed by atoms with van der Waals surface area (Å²) in [7, 11) is 1.74. The van der Waals surface area contributed by atoms with Crippen molar-refractivity contribution in [1.29, 1.82) is 5.26 Å². The topological polar surface area (TPSA) is 27.0 Å². The third kappa shape index (κ3) is 2.92. The SMILES string of the molecule is CCC1CCC(N(C)c2c(F)cc(C#N)cc2F)CC1. The van der Waals surface area contributed by atoms with Gasteiger partial charge in [-0.25, -0.2) is 8.78 Å². The van der Waals surface area contributed by atoms with Crippen LogP contribution in [-0.2, 0) is 0 Å². The Morgan fingerprint density at radius 2 is 1.75 bits per heavy atom. The van der Waals surface area contributed by atoms with Crippen molar-refractivity contribution >= 4 is 5.69 Å². The zero-order valence-corrected chi connectivity index (χ0v) is 12.0. The zero-order chi connectivity index (χ0) is 14.7. The Kier molecular flexibility index (Phi) is 4.59. The van der Waals surface area contributed by atoms with E-state index in [4.69, 9.17) is 5.26 Å². The second-order valence-corrected chi connectivity index (χ2v) is 5.59. The van der Waals surface area contributed by atoms with E-state index in [0.29, 0.717) is 0 Å². The van der Waals surface area contributed by atoms with Crippen LogP contribution in [0.2, 0.25) is 0 Å². The minimum absolute atomic E-state index is 0.0102. The van der Waals surface area contributed by atoms with Crippen LogP contribution in [0.1, 0.15) is 44.6 Å². The normalized spacial score (nSPS) is 22.4. The van der Waals surface area contributed by atoms with Gasteiger partial charge in [-0.15, -0.1) is 0 Å². The first-order valence-corrected chi connectivity index (χ1v) is 7.18. The molecule has 4 heteroatoms. The lowest BCUT2D eigenvalue weighted by Gasteiger charge is -2.36. The second kappa shape index (κ2) is 6.21. The minimum atomic E-state index is -0.651. The number of benzene rings is 1. The van der Waals surface area contributed by atoms with Gasteiger partial charge in [0.15, 0.2) is 11.6 Å². The molecule has 1 fully saturated rings. The highest BCUT2D eigenvalue weighted by molar-refractivity contribution is 5.52. The van der Waals surface area contributed by atoms with Crippen molar-refractivity contribution in [2.45, 2.75) is 45.1 Å². The lowest BCUT2D eigenvalue weighted by atomic mass is 9.84. The van der Waals surface area contributed by atoms with E-state index in [-0.39, 0.29) is 17.3 Å². The molecule has 0 unspecified atom stereocenters. The van der Waals surface area contributed by atoms with Crippen LogP contribution >= 0.6 is 0 Å². The van der Waals surface area contributed by atoms with Crippen LogP contribution in [0.4, 0.5) is 14.5 Å². The molecule has 1 aromatic rings. The van der Waals surface area contributed by atoms with Gasteiger partial charge in [-0.2, -0.15) is 5.26 Å². The Morgan fingerprint density at radius 1 is 1.20 bits per heavy atom. The summed E-state index contributed by atoms with van der Waals surface area (Å²) >= 11 is 0. The van der Waals surface area contributed by atoms with Crippen molar-refractivity contribution in [1.82, 2.24) is 0 Å². The van der Waals surface area contributed by atoms with E-state index < -0.39 is 11.6 Å². The standard InChI is InChI=1S/C16H20F2N2/c1-3-11-4-6-13(7-5-11)20(2)16-14(17)8-12(10-19)9-15(16)18/h8-9,11,13H,3-7H2,1-2H3. The fourth-order valence-electron chi connectivity index (χ4n) is 3.09. The molecule has 108 valence electrons. The predicted octanol–water partition coefficient (Wildman–Crippen LogP) is 4.24. The molecule has 0 heterocycles. The van der Waals surface area contributed by atoms with Gasteiger partial charge in [0, 0.05) is 13.1 Å². The molecule has 0 aliphatic heterocycles. The number of halogens is 2. The van der Waals surface area contributed by atoms with E-state index in [1.54, 1.807) is 18.0 Å². The second-order valence-electron chi connectivity index (χ2n) is 5.59. The van der Waals surface area contributed by atoms with Gasteiger partial charge in [0.2, 0.25) is 0 Å². The molecule has 2 nitrogen and oxygen atoms in total. The van der Waals surface area contributed by atoms with Gasteiger partial charge in [-0.05, 0) is 43.7 Å². The zero-order valence-electron chi connectivity index (χ0n) is 12.0. The molecule has 0 aromatic heterocycles. The Hall–Kier alpha value is -1.63. The smallest absolute Gasteiger partial charge is 0.150 e. The molecule has 0 atom stereocenters. The molecule has 1 saturated carbocycles. The van der Waals surface area contributed by atoms with Crippen molar-refractivity contribution in [3.63, 3.8) is 0 Å². The summed E-state index contributed by atoms with van der Waals surface area (Å²) in [5.41, 5.74) is 0.00999. The summed E-state index contributed by atoms with van der Waals surface area (Å²) in [6, 6.07) is 4.15. The van der Waals surface area contributed by atoms with Crippen molar-refractivity contribution in [2.24, 2.45) is 5.92 Å². The Morgan fingerprint density at radius 3 is 2.20 bits per heavy atom. The van der Waals surface area contributed by atoms with Gasteiger partial charge >= 0.3 is 0 Å². The average Bonchev–Trinajstić information content (AvgIpc) is 2.46. The van der Waals surface area contributed by atoms with Crippen LogP contribution in [0.25, 0.3) is 0 Å². The number of anilines is 1. The van der Waals surface area contributed by atoms with E-state index in [1.807, 2.05) is 0 Å². The lowest BCUT2D eigenvalue weighted by Crippen LogP contribution is -2.36. The van der Waals surface area contributed by atoms with Gasteiger partial charge in [-0.3, -0.25) is 0 Å². The molecular formula is C16H20F2N2. The predicted molar refractivity (Wildman–Crippen MR) is 75.5 cm³/mol. The molecule has 1 aromatic carbocycles. The summed E-state index contributed by atoms with van der Waals surface area (Å²) in [6.45, 7) is 2.19. The van der Waals surface area contributed by atoms with Crippen LogP contribution in [0.15, 0.2) is 12.1 Å². The highest BCUT2D eigenvalue weighted by atomic mass is 19.1. The number of rotatable bonds is 3. The van der Waals surface area contributed by atoms with Crippen molar-refractivity contribution in [2.75, 3.05) is 11.9 Å². The molecule has 20 heavy (non-hydrogen) atoms. The first-order valence-electron chi connectivity index (χ1n) is 7.18. The number of hydrogen-bond acceptors (Lipinski definition) is 2. The highest BCUT2D eigenvalue weighted by Crippen LogP contribution is 2.33. The fraction of sp³-hybridized carbons (Fsp3) is 0.562. The molecule has 1 aliphatic rings. The number of hydrogen-bond donors (Lipinski definition) is 0. The van der Waals surface area contributed by atoms with Crippen LogP contribution in [-0.4, -0.2) is 13.1 Å². The maximum Gasteiger partial charge on any atom is 0.150 e. The number of nitrogens with zero attached hydrogens (tertiary/aromatic N) is 2. The molecule has 1 aliphatic carbocycles. The maximum atomic E-state index is 14.0. The number of nitriles is 1. The van der Waals surface area contributed by atoms with E-state index in [9.17, 15) is 8.78 Å². The average molecular weight is 278 g/mol. The summed E-state index contributed by atoms with van der Waals surface area (Å²) in [6.07, 6.45) is 5.34. The molecular weight excluding hydrogens is 258 g/mol. The lowest BCUT2D eigenvalue weighted by molar-refractivity contribution is 0.311. The van der Waals surface area contributed by atoms with Gasteiger partial charge in [0.25, 0.3) is 0 Å². The van der Waals surface area contributed by atoms with Crippen molar-refractivity contribution < 1.29 is 8.78 Å². The molecule has 0 amide bonds. The third-order valence-corrected chi connectivity index (χ3v) is 4.44. The fourth-order valence-corrected chi connectivity index (χ4v) is 3.09. The molecule has 0 N–H and O–H groups in total. The molecule has 0 radical (unpaired) electrons. The molecule has 0 bridgehead atoms. The van der Waals surface area contributed by atoms with E-state index in [0.717, 1.165) is 43.7 Å². The highest BCUT2D eigenvalue weighted by Gasteiger charge is 2.26. The van der Waals surface area contributed by atoms with Crippen LogP contribution in [0.5, 0.6) is 0 Å². The van der Waals surface area contributed by atoms with Crippen molar-refractivity contribution in [3.8, 4) is 6.07 Å². The first kappa shape index (κ1) is 14.8. The Balaban J connectivity index is 2.18. The maximum absolute atomic E-state index is 14.0. The summed E-state index contributed by atoms with van der Waals surface area (Å²) in [5, 5.41) is 8.72. The van der Waals surface area contributed by atoms with E-state index in [1.165, 1.54) is 6.42 Å². The summed E-state index contributed by atoms with van der Waals surface area (Å²) in [5.74, 6) is -0.557. The van der Waals surface area contributed by atoms with Crippen LogP contribution < -0.4 is 4.90 Å². The van der Waals surface area contributed by atoms with Crippen molar-refractivity contribution in [3.05, 3.63) is 29.3 Å². The van der Waals surface area contributed by atoms with E-state index in [2.05, 4.69) is 6.92 Å². The quantitative estimate of drug-likeness (QED) is 0.826. The Bertz CT molecular complexity index is 491. The van der Waals surface area contributed by atoms with Gasteiger partial charge < -0.3 is 4.90 Å². The summed E-state index contributed by atoms with van der Waals surface area (Å²) < 4.78 is 28.0. The van der Waals surface area contributed by atoms with Crippen LogP contribution in [0, 0.1) is 28.9 Å².